The Morgan fingerprint density at radius 1 is 1.14 bits per heavy atom. The Morgan fingerprint density at radius 2 is 1.76 bits per heavy atom. The van der Waals surface area contributed by atoms with Crippen molar-refractivity contribution in [2.45, 2.75) is 6.92 Å². The van der Waals surface area contributed by atoms with Crippen molar-refractivity contribution in [2.24, 2.45) is 5.73 Å². The van der Waals surface area contributed by atoms with E-state index in [-0.39, 0.29) is 16.6 Å². The van der Waals surface area contributed by atoms with Crippen LogP contribution in [0.2, 0.25) is 0 Å². The molecule has 108 valence electrons. The van der Waals surface area contributed by atoms with E-state index in [1.54, 1.807) is 44.3 Å². The molecule has 4 nitrogen and oxygen atoms in total. The molecule has 0 radical (unpaired) electrons. The van der Waals surface area contributed by atoms with Crippen molar-refractivity contribution in [3.63, 3.8) is 0 Å². The molecular formula is C16H16N2O2S. The lowest BCUT2D eigenvalue weighted by molar-refractivity contribution is 0.0992. The van der Waals surface area contributed by atoms with Crippen molar-refractivity contribution < 1.29 is 9.90 Å². The number of para-hydroxylation sites is 1. The lowest BCUT2D eigenvalue weighted by atomic mass is 10.1. The quantitative estimate of drug-likeness (QED) is 0.855. The van der Waals surface area contributed by atoms with Crippen LogP contribution >= 0.6 is 12.2 Å². The first kappa shape index (κ1) is 15.0. The van der Waals surface area contributed by atoms with Crippen molar-refractivity contribution in [3.05, 3.63) is 59.2 Å². The molecule has 0 unspecified atom stereocenters. The van der Waals surface area contributed by atoms with Crippen LogP contribution in [0.5, 0.6) is 5.75 Å². The fourth-order valence-electron chi connectivity index (χ4n) is 2.12. The van der Waals surface area contributed by atoms with Gasteiger partial charge in [-0.15, -0.1) is 0 Å². The molecule has 0 bridgehead atoms. The Bertz CT molecular complexity index is 713. The SMILES string of the molecule is Cc1c(O)cccc1C(=O)N(C)c1ccccc1C(N)=S. The molecule has 0 spiro atoms. The lowest BCUT2D eigenvalue weighted by Crippen LogP contribution is -2.29. The van der Waals surface area contributed by atoms with Crippen LogP contribution in [0, 0.1) is 6.92 Å². The lowest BCUT2D eigenvalue weighted by Gasteiger charge is -2.21. The van der Waals surface area contributed by atoms with Crippen LogP contribution < -0.4 is 10.6 Å². The minimum Gasteiger partial charge on any atom is -0.508 e. The minimum absolute atomic E-state index is 0.0943. The smallest absolute Gasteiger partial charge is 0.258 e. The van der Waals surface area contributed by atoms with E-state index in [4.69, 9.17) is 18.0 Å². The van der Waals surface area contributed by atoms with Gasteiger partial charge in [0, 0.05) is 23.7 Å². The highest BCUT2D eigenvalue weighted by atomic mass is 32.1. The number of hydrogen-bond acceptors (Lipinski definition) is 3. The highest BCUT2D eigenvalue weighted by molar-refractivity contribution is 7.80. The number of anilines is 1. The molecule has 0 heterocycles. The Kier molecular flexibility index (Phi) is 4.23. The molecule has 0 saturated heterocycles. The van der Waals surface area contributed by atoms with Crippen molar-refractivity contribution in [1.82, 2.24) is 0 Å². The van der Waals surface area contributed by atoms with Gasteiger partial charge in [0.25, 0.3) is 5.91 Å². The van der Waals surface area contributed by atoms with E-state index < -0.39 is 0 Å². The monoisotopic (exact) mass is 300 g/mol. The van der Waals surface area contributed by atoms with Gasteiger partial charge in [0.2, 0.25) is 0 Å². The van der Waals surface area contributed by atoms with Crippen LogP contribution in [0.15, 0.2) is 42.5 Å². The molecular weight excluding hydrogens is 284 g/mol. The maximum Gasteiger partial charge on any atom is 0.258 e. The van der Waals surface area contributed by atoms with E-state index in [2.05, 4.69) is 0 Å². The molecule has 1 amide bonds. The molecule has 0 aromatic heterocycles. The number of phenols is 1. The first-order chi connectivity index (χ1) is 9.93. The third-order valence-electron chi connectivity index (χ3n) is 3.37. The predicted octanol–water partition coefficient (Wildman–Crippen LogP) is 2.61. The maximum atomic E-state index is 12.6. The van der Waals surface area contributed by atoms with E-state index in [0.29, 0.717) is 22.4 Å². The van der Waals surface area contributed by atoms with Gasteiger partial charge in [0.05, 0.1) is 5.69 Å². The zero-order valence-corrected chi connectivity index (χ0v) is 12.6. The summed E-state index contributed by atoms with van der Waals surface area (Å²) in [6, 6.07) is 12.1. The summed E-state index contributed by atoms with van der Waals surface area (Å²) >= 11 is 5.02. The van der Waals surface area contributed by atoms with Crippen LogP contribution in [0.25, 0.3) is 0 Å². The molecule has 2 aromatic carbocycles. The van der Waals surface area contributed by atoms with Gasteiger partial charge in [0.1, 0.15) is 10.7 Å². The number of carbonyl (C=O) groups is 1. The molecule has 21 heavy (non-hydrogen) atoms. The number of aromatic hydroxyl groups is 1. The van der Waals surface area contributed by atoms with E-state index >= 15 is 0 Å². The van der Waals surface area contributed by atoms with Gasteiger partial charge >= 0.3 is 0 Å². The first-order valence-electron chi connectivity index (χ1n) is 6.39. The summed E-state index contributed by atoms with van der Waals surface area (Å²) in [5.74, 6) is -0.135. The Hall–Kier alpha value is -2.40. The second kappa shape index (κ2) is 5.93. The standard InChI is InChI=1S/C16H16N2O2S/c1-10-11(7-5-9-14(10)19)16(20)18(2)13-8-4-3-6-12(13)15(17)21/h3-9,19H,1-2H3,(H2,17,21). The summed E-state index contributed by atoms with van der Waals surface area (Å²) in [6.45, 7) is 1.70. The summed E-state index contributed by atoms with van der Waals surface area (Å²) in [6.07, 6.45) is 0. The molecule has 0 fully saturated rings. The van der Waals surface area contributed by atoms with Crippen LogP contribution in [0.4, 0.5) is 5.69 Å². The fourth-order valence-corrected chi connectivity index (χ4v) is 2.29. The molecule has 3 N–H and O–H groups in total. The van der Waals surface area contributed by atoms with Crippen molar-refractivity contribution in [1.29, 1.82) is 0 Å². The Balaban J connectivity index is 2.45. The summed E-state index contributed by atoms with van der Waals surface area (Å²) in [4.78, 5) is 14.3. The van der Waals surface area contributed by atoms with Crippen molar-refractivity contribution in [3.8, 4) is 5.75 Å². The van der Waals surface area contributed by atoms with Crippen LogP contribution in [-0.2, 0) is 0 Å². The number of hydrogen-bond donors (Lipinski definition) is 2. The van der Waals surface area contributed by atoms with Crippen molar-refractivity contribution >= 4 is 28.8 Å². The van der Waals surface area contributed by atoms with Gasteiger partial charge in [-0.25, -0.2) is 0 Å². The van der Waals surface area contributed by atoms with Gasteiger partial charge in [-0.3, -0.25) is 4.79 Å². The third kappa shape index (κ3) is 2.87. The van der Waals surface area contributed by atoms with Crippen LogP contribution in [0.3, 0.4) is 0 Å². The number of nitrogens with two attached hydrogens (primary N) is 1. The van der Waals surface area contributed by atoms with E-state index in [0.717, 1.165) is 0 Å². The average Bonchev–Trinajstić information content (AvgIpc) is 2.48. The largest absolute Gasteiger partial charge is 0.508 e. The summed E-state index contributed by atoms with van der Waals surface area (Å²) in [7, 11) is 1.66. The van der Waals surface area contributed by atoms with Gasteiger partial charge in [0.15, 0.2) is 0 Å². The normalized spacial score (nSPS) is 10.2. The molecule has 5 heteroatoms. The van der Waals surface area contributed by atoms with E-state index in [9.17, 15) is 9.90 Å². The van der Waals surface area contributed by atoms with Crippen LogP contribution in [-0.4, -0.2) is 23.0 Å². The second-order valence-electron chi connectivity index (χ2n) is 4.70. The number of amides is 1. The highest BCUT2D eigenvalue weighted by Crippen LogP contribution is 2.25. The molecule has 0 atom stereocenters. The van der Waals surface area contributed by atoms with Crippen molar-refractivity contribution in [2.75, 3.05) is 11.9 Å². The molecule has 0 aliphatic carbocycles. The maximum absolute atomic E-state index is 12.6. The van der Waals surface area contributed by atoms with Crippen LogP contribution in [0.1, 0.15) is 21.5 Å². The highest BCUT2D eigenvalue weighted by Gasteiger charge is 2.19. The third-order valence-corrected chi connectivity index (χ3v) is 3.59. The number of benzene rings is 2. The van der Waals surface area contributed by atoms with Gasteiger partial charge < -0.3 is 15.7 Å². The second-order valence-corrected chi connectivity index (χ2v) is 5.14. The zero-order chi connectivity index (χ0) is 15.6. The van der Waals surface area contributed by atoms with E-state index in [1.807, 2.05) is 12.1 Å². The predicted molar refractivity (Wildman–Crippen MR) is 87.9 cm³/mol. The Labute approximate surface area is 128 Å². The number of phenolic OH excluding ortho intramolecular Hbond substituents is 1. The number of carbonyl (C=O) groups excluding carboxylic acids is 1. The zero-order valence-electron chi connectivity index (χ0n) is 11.8. The molecule has 0 aliphatic heterocycles. The minimum atomic E-state index is -0.230. The van der Waals surface area contributed by atoms with Gasteiger partial charge in [-0.1, -0.05) is 30.4 Å². The summed E-state index contributed by atoms with van der Waals surface area (Å²) < 4.78 is 0. The molecule has 0 aliphatic rings. The van der Waals surface area contributed by atoms with Gasteiger partial charge in [-0.05, 0) is 31.2 Å². The molecule has 2 rings (SSSR count). The molecule has 0 saturated carbocycles. The first-order valence-corrected chi connectivity index (χ1v) is 6.79. The van der Waals surface area contributed by atoms with E-state index in [1.165, 1.54) is 4.90 Å². The number of rotatable bonds is 3. The summed E-state index contributed by atoms with van der Waals surface area (Å²) in [5.41, 5.74) is 7.96. The number of thiocarbonyl (C=S) groups is 1. The summed E-state index contributed by atoms with van der Waals surface area (Å²) in [5, 5.41) is 9.73. The van der Waals surface area contributed by atoms with Gasteiger partial charge in [-0.2, -0.15) is 0 Å². The fraction of sp³-hybridized carbons (Fsp3) is 0.125. The average molecular weight is 300 g/mol. The molecule has 2 aromatic rings. The number of nitrogens with zero attached hydrogens (tertiary/aromatic N) is 1. The topological polar surface area (TPSA) is 66.6 Å². The Morgan fingerprint density at radius 3 is 2.43 bits per heavy atom.